The molecule has 1 aromatic carbocycles. The van der Waals surface area contributed by atoms with Gasteiger partial charge in [-0.25, -0.2) is 0 Å². The van der Waals surface area contributed by atoms with Crippen LogP contribution < -0.4 is 0 Å². The van der Waals surface area contributed by atoms with Crippen LogP contribution in [0.2, 0.25) is 0 Å². The zero-order chi connectivity index (χ0) is 15.1. The molecule has 0 saturated heterocycles. The molecule has 20 heavy (non-hydrogen) atoms. The first-order chi connectivity index (χ1) is 9.45. The van der Waals surface area contributed by atoms with Crippen LogP contribution in [0.15, 0.2) is 24.3 Å². The fraction of sp³-hybridized carbons (Fsp3) is 0.500. The number of esters is 2. The molecule has 0 aliphatic rings. The summed E-state index contributed by atoms with van der Waals surface area (Å²) in [5, 5.41) is 0. The molecule has 4 nitrogen and oxygen atoms in total. The second-order valence-electron chi connectivity index (χ2n) is 4.84. The summed E-state index contributed by atoms with van der Waals surface area (Å²) < 4.78 is 10.2. The van der Waals surface area contributed by atoms with Crippen LogP contribution in [0.1, 0.15) is 31.9 Å². The van der Waals surface area contributed by atoms with Crippen LogP contribution in [0.25, 0.3) is 0 Å². The maximum absolute atomic E-state index is 11.9. The molecule has 0 fully saturated rings. The standard InChI is InChI=1S/C16H22O4/c1-5-19-16(18)12(3)13(4)20-15(17)10-14-9-7-6-8-11(14)2/h6-9,12-13H,5,10H2,1-4H3/t12-,13+/m0/s1. The molecule has 0 aliphatic heterocycles. The Morgan fingerprint density at radius 1 is 1.20 bits per heavy atom. The van der Waals surface area contributed by atoms with Crippen molar-refractivity contribution in [3.63, 3.8) is 0 Å². The van der Waals surface area contributed by atoms with E-state index in [1.807, 2.05) is 31.2 Å². The topological polar surface area (TPSA) is 52.6 Å². The summed E-state index contributed by atoms with van der Waals surface area (Å²) in [6, 6.07) is 7.67. The van der Waals surface area contributed by atoms with Crippen LogP contribution in [0.4, 0.5) is 0 Å². The van der Waals surface area contributed by atoms with Crippen LogP contribution in [-0.4, -0.2) is 24.6 Å². The van der Waals surface area contributed by atoms with Crippen molar-refractivity contribution in [2.24, 2.45) is 5.92 Å². The van der Waals surface area contributed by atoms with Gasteiger partial charge in [-0.1, -0.05) is 24.3 Å². The van der Waals surface area contributed by atoms with E-state index in [0.29, 0.717) is 6.61 Å². The van der Waals surface area contributed by atoms with E-state index in [2.05, 4.69) is 0 Å². The maximum Gasteiger partial charge on any atom is 0.312 e. The van der Waals surface area contributed by atoms with E-state index < -0.39 is 12.0 Å². The molecule has 0 spiro atoms. The van der Waals surface area contributed by atoms with Gasteiger partial charge in [0.15, 0.2) is 0 Å². The summed E-state index contributed by atoms with van der Waals surface area (Å²) in [7, 11) is 0. The molecular weight excluding hydrogens is 256 g/mol. The zero-order valence-electron chi connectivity index (χ0n) is 12.5. The third-order valence-corrected chi connectivity index (χ3v) is 3.28. The Balaban J connectivity index is 2.54. The van der Waals surface area contributed by atoms with Gasteiger partial charge in [-0.2, -0.15) is 0 Å². The molecule has 4 heteroatoms. The van der Waals surface area contributed by atoms with E-state index in [1.165, 1.54) is 0 Å². The molecule has 0 amide bonds. The lowest BCUT2D eigenvalue weighted by Gasteiger charge is -2.19. The van der Waals surface area contributed by atoms with Crippen molar-refractivity contribution in [3.8, 4) is 0 Å². The number of aryl methyl sites for hydroxylation is 1. The van der Waals surface area contributed by atoms with Crippen molar-refractivity contribution in [3.05, 3.63) is 35.4 Å². The lowest BCUT2D eigenvalue weighted by molar-refractivity contribution is -0.159. The fourth-order valence-electron chi connectivity index (χ4n) is 1.78. The van der Waals surface area contributed by atoms with E-state index >= 15 is 0 Å². The smallest absolute Gasteiger partial charge is 0.312 e. The first kappa shape index (κ1) is 16.2. The largest absolute Gasteiger partial charge is 0.466 e. The fourth-order valence-corrected chi connectivity index (χ4v) is 1.78. The Kier molecular flexibility index (Phi) is 6.22. The van der Waals surface area contributed by atoms with Gasteiger partial charge < -0.3 is 9.47 Å². The minimum atomic E-state index is -0.495. The zero-order valence-corrected chi connectivity index (χ0v) is 12.5. The van der Waals surface area contributed by atoms with Crippen LogP contribution in [0.5, 0.6) is 0 Å². The SMILES string of the molecule is CCOC(=O)[C@@H](C)[C@@H](C)OC(=O)Cc1ccccc1C. The number of rotatable bonds is 6. The molecule has 1 aromatic rings. The van der Waals surface area contributed by atoms with E-state index in [9.17, 15) is 9.59 Å². The van der Waals surface area contributed by atoms with Gasteiger partial charge in [-0.15, -0.1) is 0 Å². The Bertz CT molecular complexity index is 467. The molecule has 0 unspecified atom stereocenters. The number of hydrogen-bond donors (Lipinski definition) is 0. The van der Waals surface area contributed by atoms with Crippen molar-refractivity contribution in [2.45, 2.75) is 40.2 Å². The van der Waals surface area contributed by atoms with Crippen molar-refractivity contribution in [2.75, 3.05) is 6.61 Å². The maximum atomic E-state index is 11.9. The van der Waals surface area contributed by atoms with E-state index in [4.69, 9.17) is 9.47 Å². The van der Waals surface area contributed by atoms with Gasteiger partial charge in [0.25, 0.3) is 0 Å². The molecule has 0 aromatic heterocycles. The van der Waals surface area contributed by atoms with Gasteiger partial charge in [0.05, 0.1) is 18.9 Å². The molecule has 0 aliphatic carbocycles. The summed E-state index contributed by atoms with van der Waals surface area (Å²) in [5.41, 5.74) is 1.99. The van der Waals surface area contributed by atoms with Crippen LogP contribution in [0, 0.1) is 12.8 Å². The van der Waals surface area contributed by atoms with E-state index in [0.717, 1.165) is 11.1 Å². The minimum absolute atomic E-state index is 0.215. The van der Waals surface area contributed by atoms with Gasteiger partial charge >= 0.3 is 11.9 Å². The predicted molar refractivity (Wildman–Crippen MR) is 76.2 cm³/mol. The van der Waals surface area contributed by atoms with Gasteiger partial charge in [0.2, 0.25) is 0 Å². The lowest BCUT2D eigenvalue weighted by atomic mass is 10.1. The second kappa shape index (κ2) is 7.68. The molecule has 1 rings (SSSR count). The summed E-state index contributed by atoms with van der Waals surface area (Å²) in [6.45, 7) is 7.43. The number of carbonyl (C=O) groups excluding carboxylic acids is 2. The van der Waals surface area contributed by atoms with Crippen molar-refractivity contribution in [1.29, 1.82) is 0 Å². The third kappa shape index (κ3) is 4.68. The number of ether oxygens (including phenoxy) is 2. The quantitative estimate of drug-likeness (QED) is 0.751. The molecule has 0 saturated carbocycles. The van der Waals surface area contributed by atoms with Gasteiger partial charge in [-0.05, 0) is 38.8 Å². The first-order valence-electron chi connectivity index (χ1n) is 6.86. The third-order valence-electron chi connectivity index (χ3n) is 3.28. The second-order valence-corrected chi connectivity index (χ2v) is 4.84. The van der Waals surface area contributed by atoms with E-state index in [-0.39, 0.29) is 18.4 Å². The first-order valence-corrected chi connectivity index (χ1v) is 6.86. The average molecular weight is 278 g/mol. The highest BCUT2D eigenvalue weighted by Gasteiger charge is 2.24. The lowest BCUT2D eigenvalue weighted by Crippen LogP contribution is -2.30. The molecule has 110 valence electrons. The molecule has 0 N–H and O–H groups in total. The Morgan fingerprint density at radius 3 is 2.45 bits per heavy atom. The highest BCUT2D eigenvalue weighted by Crippen LogP contribution is 2.13. The molecule has 0 bridgehead atoms. The summed E-state index contributed by atoms with van der Waals surface area (Å²) in [4.78, 5) is 23.5. The van der Waals surface area contributed by atoms with Crippen molar-refractivity contribution in [1.82, 2.24) is 0 Å². The highest BCUT2D eigenvalue weighted by molar-refractivity contribution is 5.75. The Hall–Kier alpha value is -1.84. The predicted octanol–water partition coefficient (Wildman–Crippen LogP) is 2.67. The molecular formula is C16H22O4. The van der Waals surface area contributed by atoms with Gasteiger partial charge in [0, 0.05) is 0 Å². The monoisotopic (exact) mass is 278 g/mol. The summed E-state index contributed by atoms with van der Waals surface area (Å²) in [6.07, 6.45) is -0.280. The normalized spacial score (nSPS) is 13.4. The Morgan fingerprint density at radius 2 is 1.85 bits per heavy atom. The highest BCUT2D eigenvalue weighted by atomic mass is 16.6. The Labute approximate surface area is 120 Å². The van der Waals surface area contributed by atoms with Crippen LogP contribution in [0.3, 0.4) is 0 Å². The summed E-state index contributed by atoms with van der Waals surface area (Å²) in [5.74, 6) is -1.14. The minimum Gasteiger partial charge on any atom is -0.466 e. The number of carbonyl (C=O) groups is 2. The van der Waals surface area contributed by atoms with Gasteiger partial charge in [0.1, 0.15) is 6.10 Å². The summed E-state index contributed by atoms with van der Waals surface area (Å²) >= 11 is 0. The van der Waals surface area contributed by atoms with Gasteiger partial charge in [-0.3, -0.25) is 9.59 Å². The van der Waals surface area contributed by atoms with Crippen molar-refractivity contribution >= 4 is 11.9 Å². The van der Waals surface area contributed by atoms with Crippen LogP contribution in [-0.2, 0) is 25.5 Å². The van der Waals surface area contributed by atoms with Crippen molar-refractivity contribution < 1.29 is 19.1 Å². The molecule has 2 atom stereocenters. The average Bonchev–Trinajstić information content (AvgIpc) is 2.40. The van der Waals surface area contributed by atoms with Crippen LogP contribution >= 0.6 is 0 Å². The number of hydrogen-bond acceptors (Lipinski definition) is 4. The molecule has 0 heterocycles. The molecule has 0 radical (unpaired) electrons. The van der Waals surface area contributed by atoms with E-state index in [1.54, 1.807) is 20.8 Å². The number of benzene rings is 1.